The molecule has 1 fully saturated rings. The summed E-state index contributed by atoms with van der Waals surface area (Å²) in [6.45, 7) is 2.77. The van der Waals surface area contributed by atoms with E-state index in [1.54, 1.807) is 6.26 Å². The highest BCUT2D eigenvalue weighted by molar-refractivity contribution is 5.76. The van der Waals surface area contributed by atoms with Crippen LogP contribution in [0.5, 0.6) is 0 Å². The highest BCUT2D eigenvalue weighted by Crippen LogP contribution is 2.17. The molecule has 4 heteroatoms. The lowest BCUT2D eigenvalue weighted by Gasteiger charge is -2.37. The third kappa shape index (κ3) is 5.20. The van der Waals surface area contributed by atoms with E-state index in [-0.39, 0.29) is 5.91 Å². The first-order chi connectivity index (χ1) is 12.2. The molecule has 1 aliphatic heterocycles. The van der Waals surface area contributed by atoms with Crippen molar-refractivity contribution >= 4 is 5.91 Å². The highest BCUT2D eigenvalue weighted by atomic mass is 16.3. The largest absolute Gasteiger partial charge is 0.469 e. The van der Waals surface area contributed by atoms with Gasteiger partial charge in [-0.05, 0) is 44.0 Å². The Bertz CT molecular complexity index is 639. The molecular formula is C21H28N2O2. The van der Waals surface area contributed by atoms with Crippen molar-refractivity contribution in [3.8, 4) is 0 Å². The first kappa shape index (κ1) is 17.7. The van der Waals surface area contributed by atoms with Crippen molar-refractivity contribution in [2.75, 3.05) is 26.7 Å². The van der Waals surface area contributed by atoms with E-state index in [4.69, 9.17) is 4.42 Å². The maximum Gasteiger partial charge on any atom is 0.223 e. The fraction of sp³-hybridized carbons (Fsp3) is 0.476. The zero-order valence-corrected chi connectivity index (χ0v) is 15.1. The van der Waals surface area contributed by atoms with Gasteiger partial charge in [0.05, 0.1) is 6.26 Å². The monoisotopic (exact) mass is 340 g/mol. The summed E-state index contributed by atoms with van der Waals surface area (Å²) in [4.78, 5) is 17.0. The minimum absolute atomic E-state index is 0.248. The number of carbonyl (C=O) groups excluding carboxylic acids is 1. The van der Waals surface area contributed by atoms with Crippen molar-refractivity contribution in [3.05, 3.63) is 60.1 Å². The molecule has 4 nitrogen and oxygen atoms in total. The van der Waals surface area contributed by atoms with E-state index in [9.17, 15) is 4.79 Å². The number of nitrogens with zero attached hydrogens (tertiary/aromatic N) is 2. The molecule has 1 aromatic carbocycles. The summed E-state index contributed by atoms with van der Waals surface area (Å²) < 4.78 is 5.33. The number of likely N-dealkylation sites (N-methyl/N-ethyl adjacent to an activating group) is 1. The minimum atomic E-state index is 0.248. The molecular weight excluding hydrogens is 312 g/mol. The first-order valence-electron chi connectivity index (χ1n) is 9.26. The summed E-state index contributed by atoms with van der Waals surface area (Å²) >= 11 is 0. The van der Waals surface area contributed by atoms with Crippen LogP contribution in [0.1, 0.15) is 30.6 Å². The molecule has 0 radical (unpaired) electrons. The molecule has 0 saturated carbocycles. The average molecular weight is 340 g/mol. The third-order valence-corrected chi connectivity index (χ3v) is 5.13. The Hall–Kier alpha value is -2.07. The molecule has 1 amide bonds. The Balaban J connectivity index is 1.45. The van der Waals surface area contributed by atoms with Crippen LogP contribution in [-0.4, -0.2) is 48.4 Å². The van der Waals surface area contributed by atoms with Gasteiger partial charge in [-0.1, -0.05) is 30.3 Å². The molecule has 1 atom stereocenters. The second kappa shape index (κ2) is 8.86. The van der Waals surface area contributed by atoms with Gasteiger partial charge in [-0.2, -0.15) is 0 Å². The summed E-state index contributed by atoms with van der Waals surface area (Å²) in [7, 11) is 2.18. The molecule has 0 aliphatic carbocycles. The lowest BCUT2D eigenvalue weighted by Crippen LogP contribution is -2.49. The second-order valence-corrected chi connectivity index (χ2v) is 6.93. The van der Waals surface area contributed by atoms with E-state index in [1.807, 2.05) is 17.0 Å². The molecule has 2 aromatic rings. The summed E-state index contributed by atoms with van der Waals surface area (Å²) in [6, 6.07) is 14.9. The van der Waals surface area contributed by atoms with Gasteiger partial charge in [0.15, 0.2) is 0 Å². The predicted octanol–water partition coefficient (Wildman–Crippen LogP) is 3.38. The fourth-order valence-corrected chi connectivity index (χ4v) is 3.52. The van der Waals surface area contributed by atoms with E-state index in [0.717, 1.165) is 38.2 Å². The summed E-state index contributed by atoms with van der Waals surface area (Å²) in [6.07, 6.45) is 6.21. The number of furan rings is 1. The Labute approximate surface area is 150 Å². The lowest BCUT2D eigenvalue weighted by molar-refractivity contribution is -0.133. The van der Waals surface area contributed by atoms with Crippen LogP contribution >= 0.6 is 0 Å². The topological polar surface area (TPSA) is 36.7 Å². The number of likely N-dealkylation sites (tertiary alicyclic amines) is 1. The van der Waals surface area contributed by atoms with Crippen LogP contribution in [-0.2, 0) is 17.6 Å². The minimum Gasteiger partial charge on any atom is -0.469 e. The number of amides is 1. The second-order valence-electron chi connectivity index (χ2n) is 6.93. The number of rotatable bonds is 7. The number of aryl methyl sites for hydroxylation is 1. The van der Waals surface area contributed by atoms with Gasteiger partial charge in [0.2, 0.25) is 5.91 Å². The van der Waals surface area contributed by atoms with Crippen LogP contribution in [0.25, 0.3) is 0 Å². The molecule has 2 heterocycles. The molecule has 0 N–H and O–H groups in total. The van der Waals surface area contributed by atoms with Gasteiger partial charge >= 0.3 is 0 Å². The maximum absolute atomic E-state index is 12.5. The number of benzene rings is 1. The quantitative estimate of drug-likeness (QED) is 0.775. The van der Waals surface area contributed by atoms with E-state index in [0.29, 0.717) is 18.9 Å². The van der Waals surface area contributed by atoms with Gasteiger partial charge in [-0.25, -0.2) is 0 Å². The van der Waals surface area contributed by atoms with Gasteiger partial charge in [0.25, 0.3) is 0 Å². The smallest absolute Gasteiger partial charge is 0.223 e. The van der Waals surface area contributed by atoms with E-state index in [1.165, 1.54) is 12.0 Å². The molecule has 1 unspecified atom stereocenters. The van der Waals surface area contributed by atoms with Crippen LogP contribution in [0.2, 0.25) is 0 Å². The van der Waals surface area contributed by atoms with Gasteiger partial charge in [0.1, 0.15) is 5.76 Å². The van der Waals surface area contributed by atoms with Crippen molar-refractivity contribution in [1.29, 1.82) is 0 Å². The van der Waals surface area contributed by atoms with Crippen LogP contribution in [0.4, 0.5) is 0 Å². The van der Waals surface area contributed by atoms with Crippen molar-refractivity contribution in [1.82, 2.24) is 9.80 Å². The normalized spacial score (nSPS) is 17.8. The van der Waals surface area contributed by atoms with E-state index < -0.39 is 0 Å². The van der Waals surface area contributed by atoms with E-state index >= 15 is 0 Å². The zero-order valence-electron chi connectivity index (χ0n) is 15.1. The Morgan fingerprint density at radius 2 is 2.04 bits per heavy atom. The van der Waals surface area contributed by atoms with Crippen molar-refractivity contribution in [2.24, 2.45) is 0 Å². The van der Waals surface area contributed by atoms with Crippen LogP contribution in [0.15, 0.2) is 53.1 Å². The molecule has 1 aromatic heterocycles. The number of hydrogen-bond donors (Lipinski definition) is 0. The number of hydrogen-bond acceptors (Lipinski definition) is 3. The SMILES string of the molecule is CN(CCc1ccccc1)C1CCCN(C(=O)CCc2ccco2)C1. The summed E-state index contributed by atoms with van der Waals surface area (Å²) in [5, 5.41) is 0. The Kier molecular flexibility index (Phi) is 6.29. The van der Waals surface area contributed by atoms with Gasteiger partial charge in [0, 0.05) is 38.5 Å². The predicted molar refractivity (Wildman–Crippen MR) is 99.4 cm³/mol. The molecule has 0 bridgehead atoms. The fourth-order valence-electron chi connectivity index (χ4n) is 3.52. The zero-order chi connectivity index (χ0) is 17.5. The third-order valence-electron chi connectivity index (χ3n) is 5.13. The molecule has 134 valence electrons. The lowest BCUT2D eigenvalue weighted by atomic mass is 10.0. The van der Waals surface area contributed by atoms with Crippen molar-refractivity contribution in [3.63, 3.8) is 0 Å². The molecule has 0 spiro atoms. The Morgan fingerprint density at radius 3 is 2.80 bits per heavy atom. The van der Waals surface area contributed by atoms with Gasteiger partial charge < -0.3 is 14.2 Å². The molecule has 1 aliphatic rings. The van der Waals surface area contributed by atoms with Crippen LogP contribution < -0.4 is 0 Å². The number of piperidine rings is 1. The van der Waals surface area contributed by atoms with Gasteiger partial charge in [-0.15, -0.1) is 0 Å². The van der Waals surface area contributed by atoms with E-state index in [2.05, 4.69) is 42.3 Å². The summed E-state index contributed by atoms with van der Waals surface area (Å²) in [5.74, 6) is 1.14. The average Bonchev–Trinajstić information content (AvgIpc) is 3.18. The highest BCUT2D eigenvalue weighted by Gasteiger charge is 2.25. The molecule has 3 rings (SSSR count). The Morgan fingerprint density at radius 1 is 1.20 bits per heavy atom. The number of carbonyl (C=O) groups is 1. The van der Waals surface area contributed by atoms with Crippen molar-refractivity contribution < 1.29 is 9.21 Å². The maximum atomic E-state index is 12.5. The van der Waals surface area contributed by atoms with Crippen molar-refractivity contribution in [2.45, 2.75) is 38.1 Å². The van der Waals surface area contributed by atoms with Crippen LogP contribution in [0, 0.1) is 0 Å². The van der Waals surface area contributed by atoms with Gasteiger partial charge in [-0.3, -0.25) is 4.79 Å². The standard InChI is InChI=1S/C21H28N2O2/c1-22(15-13-18-7-3-2-4-8-18)19-9-5-14-23(17-19)21(24)12-11-20-10-6-16-25-20/h2-4,6-8,10,16,19H,5,9,11-15,17H2,1H3. The molecule has 25 heavy (non-hydrogen) atoms. The summed E-state index contributed by atoms with van der Waals surface area (Å²) in [5.41, 5.74) is 1.37. The van der Waals surface area contributed by atoms with Crippen LogP contribution in [0.3, 0.4) is 0 Å². The molecule has 1 saturated heterocycles. The first-order valence-corrected chi connectivity index (χ1v) is 9.26.